The first kappa shape index (κ1) is 11.0. The molecule has 0 saturated heterocycles. The van der Waals surface area contributed by atoms with Crippen molar-refractivity contribution >= 4 is 5.78 Å². The first-order valence-corrected chi connectivity index (χ1v) is 6.16. The Labute approximate surface area is 106 Å². The second kappa shape index (κ2) is 4.65. The molecule has 90 valence electrons. The summed E-state index contributed by atoms with van der Waals surface area (Å²) in [6, 6.07) is 18.1. The molecule has 1 saturated carbocycles. The number of para-hydroxylation sites is 1. The molecule has 0 radical (unpaired) electrons. The molecule has 0 unspecified atom stereocenters. The fraction of sp³-hybridized carbons (Fsp3) is 0.188. The van der Waals surface area contributed by atoms with Crippen LogP contribution in [0, 0.1) is 0 Å². The van der Waals surface area contributed by atoms with Gasteiger partial charge in [-0.3, -0.25) is 4.79 Å². The molecule has 0 bridgehead atoms. The van der Waals surface area contributed by atoms with Crippen LogP contribution < -0.4 is 4.74 Å². The minimum atomic E-state index is 0.0577. The molecule has 0 heterocycles. The Morgan fingerprint density at radius 1 is 0.889 bits per heavy atom. The first-order chi connectivity index (χ1) is 8.83. The monoisotopic (exact) mass is 238 g/mol. The molecule has 0 amide bonds. The summed E-state index contributed by atoms with van der Waals surface area (Å²) in [5.74, 6) is 1.15. The standard InChI is InChI=1S/C16H14O2/c17-13-10-14(11-13)18-16-9-5-4-8-15(16)12-6-2-1-3-7-12/h1-9,14H,10-11H2. The quantitative estimate of drug-likeness (QED) is 0.818. The molecular formula is C16H14O2. The van der Waals surface area contributed by atoms with Crippen LogP contribution in [0.25, 0.3) is 11.1 Å². The van der Waals surface area contributed by atoms with E-state index in [1.807, 2.05) is 42.5 Å². The highest BCUT2D eigenvalue weighted by Gasteiger charge is 2.28. The molecule has 0 spiro atoms. The van der Waals surface area contributed by atoms with Crippen LogP contribution in [0.2, 0.25) is 0 Å². The molecule has 0 N–H and O–H groups in total. The Bertz CT molecular complexity index is 552. The largest absolute Gasteiger partial charge is 0.489 e. The number of benzene rings is 2. The van der Waals surface area contributed by atoms with Crippen molar-refractivity contribution in [1.29, 1.82) is 0 Å². The third-order valence-corrected chi connectivity index (χ3v) is 3.18. The van der Waals surface area contributed by atoms with Crippen LogP contribution in [0.3, 0.4) is 0 Å². The maximum atomic E-state index is 11.0. The van der Waals surface area contributed by atoms with E-state index >= 15 is 0 Å². The van der Waals surface area contributed by atoms with E-state index in [9.17, 15) is 4.79 Å². The number of rotatable bonds is 3. The average molecular weight is 238 g/mol. The molecule has 0 atom stereocenters. The number of carbonyl (C=O) groups excluding carboxylic acids is 1. The number of carbonyl (C=O) groups is 1. The Kier molecular flexibility index (Phi) is 2.85. The van der Waals surface area contributed by atoms with E-state index in [-0.39, 0.29) is 11.9 Å². The summed E-state index contributed by atoms with van der Waals surface area (Å²) in [6.45, 7) is 0. The van der Waals surface area contributed by atoms with Crippen LogP contribution in [-0.4, -0.2) is 11.9 Å². The molecule has 0 aromatic heterocycles. The third kappa shape index (κ3) is 2.14. The van der Waals surface area contributed by atoms with Gasteiger partial charge in [0.05, 0.1) is 0 Å². The summed E-state index contributed by atoms with van der Waals surface area (Å²) in [6.07, 6.45) is 1.15. The first-order valence-electron chi connectivity index (χ1n) is 6.16. The fourth-order valence-electron chi connectivity index (χ4n) is 2.14. The van der Waals surface area contributed by atoms with Gasteiger partial charge in [0.25, 0.3) is 0 Å². The zero-order valence-electron chi connectivity index (χ0n) is 10.0. The summed E-state index contributed by atoms with van der Waals surface area (Å²) in [7, 11) is 0. The Morgan fingerprint density at radius 2 is 1.56 bits per heavy atom. The SMILES string of the molecule is O=C1CC(Oc2ccccc2-c2ccccc2)C1. The molecule has 1 fully saturated rings. The lowest BCUT2D eigenvalue weighted by Crippen LogP contribution is -2.33. The molecule has 2 nitrogen and oxygen atoms in total. The van der Waals surface area contributed by atoms with Gasteiger partial charge in [-0.2, -0.15) is 0 Å². The molecule has 2 aromatic carbocycles. The number of Topliss-reactive ketones (excluding diaryl/α,β-unsaturated/α-hetero) is 1. The van der Waals surface area contributed by atoms with Gasteiger partial charge < -0.3 is 4.74 Å². The van der Waals surface area contributed by atoms with Crippen molar-refractivity contribution in [3.05, 3.63) is 54.6 Å². The van der Waals surface area contributed by atoms with Crippen molar-refractivity contribution in [3.8, 4) is 16.9 Å². The van der Waals surface area contributed by atoms with Gasteiger partial charge in [0.2, 0.25) is 0 Å². The summed E-state index contributed by atoms with van der Waals surface area (Å²) < 4.78 is 5.89. The van der Waals surface area contributed by atoms with Gasteiger partial charge in [0, 0.05) is 18.4 Å². The van der Waals surface area contributed by atoms with E-state index in [2.05, 4.69) is 12.1 Å². The highest BCUT2D eigenvalue weighted by Crippen LogP contribution is 2.32. The zero-order valence-corrected chi connectivity index (χ0v) is 10.0. The predicted octanol–water partition coefficient (Wildman–Crippen LogP) is 3.46. The summed E-state index contributed by atoms with van der Waals surface area (Å²) in [5.41, 5.74) is 2.22. The summed E-state index contributed by atoms with van der Waals surface area (Å²) >= 11 is 0. The average Bonchev–Trinajstić information content (AvgIpc) is 2.39. The molecule has 1 aliphatic carbocycles. The second-order valence-electron chi connectivity index (χ2n) is 4.55. The summed E-state index contributed by atoms with van der Waals surface area (Å²) in [4.78, 5) is 11.0. The van der Waals surface area contributed by atoms with E-state index < -0.39 is 0 Å². The molecule has 3 rings (SSSR count). The van der Waals surface area contributed by atoms with Crippen LogP contribution in [0.15, 0.2) is 54.6 Å². The normalized spacial score (nSPS) is 15.2. The van der Waals surface area contributed by atoms with Gasteiger partial charge in [-0.25, -0.2) is 0 Å². The van der Waals surface area contributed by atoms with Crippen LogP contribution in [0.1, 0.15) is 12.8 Å². The fourth-order valence-corrected chi connectivity index (χ4v) is 2.14. The lowest BCUT2D eigenvalue weighted by Gasteiger charge is -2.26. The molecule has 0 aliphatic heterocycles. The lowest BCUT2D eigenvalue weighted by molar-refractivity contribution is -0.129. The van der Waals surface area contributed by atoms with Crippen molar-refractivity contribution in [3.63, 3.8) is 0 Å². The van der Waals surface area contributed by atoms with Gasteiger partial charge in [-0.1, -0.05) is 48.5 Å². The molecule has 2 aromatic rings. The van der Waals surface area contributed by atoms with Crippen molar-refractivity contribution < 1.29 is 9.53 Å². The van der Waals surface area contributed by atoms with Crippen molar-refractivity contribution in [2.24, 2.45) is 0 Å². The third-order valence-electron chi connectivity index (χ3n) is 3.18. The Balaban J connectivity index is 1.88. The van der Waals surface area contributed by atoms with Crippen LogP contribution in [-0.2, 0) is 4.79 Å². The van der Waals surface area contributed by atoms with Crippen LogP contribution in [0.4, 0.5) is 0 Å². The van der Waals surface area contributed by atoms with E-state index in [0.717, 1.165) is 16.9 Å². The molecule has 1 aliphatic rings. The van der Waals surface area contributed by atoms with Gasteiger partial charge in [0.1, 0.15) is 17.6 Å². The highest BCUT2D eigenvalue weighted by molar-refractivity contribution is 5.85. The van der Waals surface area contributed by atoms with Crippen LogP contribution >= 0.6 is 0 Å². The van der Waals surface area contributed by atoms with Gasteiger partial charge in [-0.05, 0) is 11.6 Å². The number of hydrogen-bond acceptors (Lipinski definition) is 2. The molecular weight excluding hydrogens is 224 g/mol. The maximum Gasteiger partial charge on any atom is 0.140 e. The van der Waals surface area contributed by atoms with E-state index in [4.69, 9.17) is 4.74 Å². The lowest BCUT2D eigenvalue weighted by atomic mass is 9.94. The number of hydrogen-bond donors (Lipinski definition) is 0. The van der Waals surface area contributed by atoms with Crippen LogP contribution in [0.5, 0.6) is 5.75 Å². The number of ether oxygens (including phenoxy) is 1. The van der Waals surface area contributed by atoms with E-state index in [1.165, 1.54) is 0 Å². The minimum Gasteiger partial charge on any atom is -0.489 e. The summed E-state index contributed by atoms with van der Waals surface area (Å²) in [5, 5.41) is 0. The van der Waals surface area contributed by atoms with Crippen molar-refractivity contribution in [2.45, 2.75) is 18.9 Å². The van der Waals surface area contributed by atoms with E-state index in [1.54, 1.807) is 0 Å². The van der Waals surface area contributed by atoms with Crippen molar-refractivity contribution in [2.75, 3.05) is 0 Å². The topological polar surface area (TPSA) is 26.3 Å². The van der Waals surface area contributed by atoms with Gasteiger partial charge in [0.15, 0.2) is 0 Å². The Morgan fingerprint density at radius 3 is 2.28 bits per heavy atom. The predicted molar refractivity (Wildman–Crippen MR) is 70.5 cm³/mol. The smallest absolute Gasteiger partial charge is 0.140 e. The molecule has 2 heteroatoms. The van der Waals surface area contributed by atoms with E-state index in [0.29, 0.717) is 12.8 Å². The highest BCUT2D eigenvalue weighted by atomic mass is 16.5. The minimum absolute atomic E-state index is 0.0577. The number of ketones is 1. The molecule has 18 heavy (non-hydrogen) atoms. The maximum absolute atomic E-state index is 11.0. The van der Waals surface area contributed by atoms with Gasteiger partial charge >= 0.3 is 0 Å². The van der Waals surface area contributed by atoms with Gasteiger partial charge in [-0.15, -0.1) is 0 Å². The zero-order chi connectivity index (χ0) is 12.4. The van der Waals surface area contributed by atoms with Crippen molar-refractivity contribution in [1.82, 2.24) is 0 Å². The Hall–Kier alpha value is -2.09. The second-order valence-corrected chi connectivity index (χ2v) is 4.55.